The summed E-state index contributed by atoms with van der Waals surface area (Å²) in [6.07, 6.45) is -3.72. The number of carbonyl (C=O) groups is 2. The van der Waals surface area contributed by atoms with Crippen LogP contribution in [0.25, 0.3) is 11.3 Å². The van der Waals surface area contributed by atoms with Gasteiger partial charge in [-0.3, -0.25) is 9.48 Å². The summed E-state index contributed by atoms with van der Waals surface area (Å²) in [4.78, 5) is 21.4. The van der Waals surface area contributed by atoms with E-state index in [9.17, 15) is 26.7 Å². The molecule has 1 aromatic carbocycles. The zero-order valence-electron chi connectivity index (χ0n) is 18.5. The van der Waals surface area contributed by atoms with Crippen LogP contribution in [0, 0.1) is 5.92 Å². The molecule has 0 bridgehead atoms. The van der Waals surface area contributed by atoms with Gasteiger partial charge in [0.15, 0.2) is 0 Å². The molecule has 35 heavy (non-hydrogen) atoms. The monoisotopic (exact) mass is 526 g/mol. The first-order valence-electron chi connectivity index (χ1n) is 10.4. The number of benzene rings is 1. The Bertz CT molecular complexity index is 1020. The lowest BCUT2D eigenvalue weighted by molar-refractivity contribution is -0.192. The second-order valence-corrected chi connectivity index (χ2v) is 8.14. The molecule has 0 saturated heterocycles. The molecule has 0 unspecified atom stereocenters. The number of halogens is 6. The first-order valence-corrected chi connectivity index (χ1v) is 10.8. The number of carbonyl (C=O) groups excluding carboxylic acids is 1. The molecular weight excluding hydrogens is 503 g/mol. The van der Waals surface area contributed by atoms with Crippen molar-refractivity contribution >= 4 is 29.2 Å². The molecule has 0 radical (unpaired) electrons. The van der Waals surface area contributed by atoms with Crippen molar-refractivity contribution < 1.29 is 41.4 Å². The largest absolute Gasteiger partial charge is 0.492 e. The van der Waals surface area contributed by atoms with E-state index in [0.29, 0.717) is 40.9 Å². The van der Waals surface area contributed by atoms with Crippen molar-refractivity contribution in [2.75, 3.05) is 18.5 Å². The maximum atomic E-state index is 13.3. The number of aliphatic carboxylic acids is 1. The van der Waals surface area contributed by atoms with Crippen LogP contribution in [0.2, 0.25) is 5.02 Å². The summed E-state index contributed by atoms with van der Waals surface area (Å²) >= 11 is 6.27. The molecule has 1 aliphatic rings. The van der Waals surface area contributed by atoms with Crippen LogP contribution in [-0.4, -0.2) is 52.0 Å². The number of nitrogens with zero attached hydrogens (tertiary/aromatic N) is 2. The van der Waals surface area contributed by atoms with Crippen LogP contribution in [0.1, 0.15) is 25.7 Å². The molecule has 194 valence electrons. The Labute approximate surface area is 202 Å². The third-order valence-corrected chi connectivity index (χ3v) is 5.38. The summed E-state index contributed by atoms with van der Waals surface area (Å²) in [5.74, 6) is -5.54. The lowest BCUT2D eigenvalue weighted by Crippen LogP contribution is -2.31. The van der Waals surface area contributed by atoms with Gasteiger partial charge in [-0.1, -0.05) is 11.6 Å². The highest BCUT2D eigenvalue weighted by molar-refractivity contribution is 6.33. The molecule has 4 N–H and O–H groups in total. The highest BCUT2D eigenvalue weighted by Crippen LogP contribution is 2.38. The van der Waals surface area contributed by atoms with Gasteiger partial charge in [0.05, 0.1) is 16.9 Å². The van der Waals surface area contributed by atoms with E-state index in [1.807, 2.05) is 0 Å². The minimum Gasteiger partial charge on any atom is -0.492 e. The molecule has 2 aromatic rings. The van der Waals surface area contributed by atoms with E-state index in [0.717, 1.165) is 0 Å². The Morgan fingerprint density at radius 1 is 1.31 bits per heavy atom. The number of rotatable bonds is 6. The van der Waals surface area contributed by atoms with Crippen molar-refractivity contribution in [3.63, 3.8) is 0 Å². The average Bonchev–Trinajstić information content (AvgIpc) is 3.10. The van der Waals surface area contributed by atoms with Gasteiger partial charge in [0.2, 0.25) is 11.8 Å². The molecule has 3 rings (SSSR count). The molecule has 0 spiro atoms. The van der Waals surface area contributed by atoms with Crippen molar-refractivity contribution in [2.24, 2.45) is 18.7 Å². The average molecular weight is 527 g/mol. The molecule has 1 fully saturated rings. The summed E-state index contributed by atoms with van der Waals surface area (Å²) in [5.41, 5.74) is 7.36. The van der Waals surface area contributed by atoms with E-state index in [1.54, 1.807) is 29.9 Å². The molecule has 8 nitrogen and oxygen atoms in total. The maximum Gasteiger partial charge on any atom is 0.490 e. The normalized spacial score (nSPS) is 15.7. The van der Waals surface area contributed by atoms with E-state index in [4.69, 9.17) is 32.0 Å². The van der Waals surface area contributed by atoms with E-state index in [1.165, 1.54) is 6.20 Å². The number of aromatic nitrogens is 2. The second kappa shape index (κ2) is 11.7. The molecule has 1 aliphatic carbocycles. The zero-order valence-corrected chi connectivity index (χ0v) is 19.3. The number of nitrogens with one attached hydrogen (secondary N) is 1. The summed E-state index contributed by atoms with van der Waals surface area (Å²) in [5, 5.41) is 14.5. The van der Waals surface area contributed by atoms with Crippen LogP contribution < -0.4 is 15.8 Å². The fourth-order valence-corrected chi connectivity index (χ4v) is 3.62. The number of ether oxygens (including phenoxy) is 1. The van der Waals surface area contributed by atoms with Gasteiger partial charge in [0.25, 0.3) is 0 Å². The van der Waals surface area contributed by atoms with Gasteiger partial charge in [-0.05, 0) is 31.0 Å². The smallest absolute Gasteiger partial charge is 0.490 e. The Hall–Kier alpha value is -2.93. The summed E-state index contributed by atoms with van der Waals surface area (Å²) < 4.78 is 65.7. The minimum absolute atomic E-state index is 0.178. The highest BCUT2D eigenvalue weighted by Gasteiger charge is 2.38. The fraction of sp³-hybridized carbons (Fsp3) is 0.476. The third-order valence-electron chi connectivity index (χ3n) is 5.10. The van der Waals surface area contributed by atoms with Crippen LogP contribution in [0.15, 0.2) is 24.4 Å². The van der Waals surface area contributed by atoms with Crippen LogP contribution in [0.4, 0.5) is 27.6 Å². The first-order chi connectivity index (χ1) is 16.2. The standard InChI is InChI=1S/C19H23ClF2N4O2.C2HF3O2/c1-26-17(15(20)11-24-26)14-10-13(2-3-16(14)28-9-8-23)25-18(27)12-4-6-19(21,22)7-5-12;3-2(4,5)1(6)7/h2-3,10-12H,4-9,23H2,1H3,(H,25,27);(H,6,7). The van der Waals surface area contributed by atoms with Crippen molar-refractivity contribution in [1.29, 1.82) is 0 Å². The molecule has 1 amide bonds. The Kier molecular flexibility index (Phi) is 9.44. The number of hydrogen-bond acceptors (Lipinski definition) is 5. The molecule has 1 saturated carbocycles. The molecule has 0 atom stereocenters. The minimum atomic E-state index is -5.08. The van der Waals surface area contributed by atoms with E-state index in [2.05, 4.69) is 10.4 Å². The summed E-state index contributed by atoms with van der Waals surface area (Å²) in [6, 6.07) is 5.16. The van der Waals surface area contributed by atoms with Crippen molar-refractivity contribution in [2.45, 2.75) is 37.8 Å². The van der Waals surface area contributed by atoms with E-state index < -0.39 is 24.0 Å². The number of carboxylic acids is 1. The Morgan fingerprint density at radius 3 is 2.40 bits per heavy atom. The Morgan fingerprint density at radius 2 is 1.91 bits per heavy atom. The number of carboxylic acid groups (broad SMARTS) is 1. The van der Waals surface area contributed by atoms with Gasteiger partial charge >= 0.3 is 12.1 Å². The van der Waals surface area contributed by atoms with Gasteiger partial charge in [-0.25, -0.2) is 13.6 Å². The molecule has 14 heteroatoms. The lowest BCUT2D eigenvalue weighted by atomic mass is 9.86. The zero-order chi connectivity index (χ0) is 26.4. The van der Waals surface area contributed by atoms with Crippen LogP contribution in [0.3, 0.4) is 0 Å². The number of nitrogens with two attached hydrogens (primary N) is 1. The van der Waals surface area contributed by atoms with Crippen molar-refractivity contribution in [1.82, 2.24) is 9.78 Å². The van der Waals surface area contributed by atoms with Gasteiger partial charge in [0.1, 0.15) is 12.4 Å². The van der Waals surface area contributed by atoms with Crippen molar-refractivity contribution in [3.05, 3.63) is 29.4 Å². The third kappa shape index (κ3) is 8.06. The van der Waals surface area contributed by atoms with Crippen LogP contribution in [-0.2, 0) is 16.6 Å². The highest BCUT2D eigenvalue weighted by atomic mass is 35.5. The quantitative estimate of drug-likeness (QED) is 0.478. The summed E-state index contributed by atoms with van der Waals surface area (Å²) in [6.45, 7) is 0.674. The molecule has 0 aliphatic heterocycles. The predicted octanol–water partition coefficient (Wildman–Crippen LogP) is 4.48. The summed E-state index contributed by atoms with van der Waals surface area (Å²) in [7, 11) is 1.75. The van der Waals surface area contributed by atoms with Crippen LogP contribution >= 0.6 is 11.6 Å². The van der Waals surface area contributed by atoms with Crippen LogP contribution in [0.5, 0.6) is 5.75 Å². The van der Waals surface area contributed by atoms with Gasteiger partial charge in [-0.15, -0.1) is 0 Å². The predicted molar refractivity (Wildman–Crippen MR) is 117 cm³/mol. The Balaban J connectivity index is 0.000000540. The van der Waals surface area contributed by atoms with E-state index in [-0.39, 0.29) is 31.6 Å². The molecule has 1 heterocycles. The molecule has 1 aromatic heterocycles. The maximum absolute atomic E-state index is 13.3. The fourth-order valence-electron chi connectivity index (χ4n) is 3.35. The van der Waals surface area contributed by atoms with E-state index >= 15 is 0 Å². The SMILES string of the molecule is Cn1ncc(Cl)c1-c1cc(NC(=O)C2CCC(F)(F)CC2)ccc1OCCN.O=C(O)C(F)(F)F. The van der Waals surface area contributed by atoms with Gasteiger partial charge < -0.3 is 20.9 Å². The van der Waals surface area contributed by atoms with Crippen molar-refractivity contribution in [3.8, 4) is 17.0 Å². The second-order valence-electron chi connectivity index (χ2n) is 7.74. The topological polar surface area (TPSA) is 119 Å². The number of amides is 1. The lowest BCUT2D eigenvalue weighted by Gasteiger charge is -2.27. The first kappa shape index (κ1) is 28.3. The van der Waals surface area contributed by atoms with Gasteiger partial charge in [0, 0.05) is 43.6 Å². The number of aryl methyl sites for hydroxylation is 1. The number of alkyl halides is 5. The van der Waals surface area contributed by atoms with Gasteiger partial charge in [-0.2, -0.15) is 18.3 Å². The number of anilines is 1. The molecular formula is C21H24ClF5N4O4. The number of hydrogen-bond donors (Lipinski definition) is 3.